The molecule has 2 unspecified atom stereocenters. The molecule has 0 aliphatic carbocycles. The molecule has 3 amide bonds. The minimum absolute atomic E-state index is 0.0390. The second-order valence-corrected chi connectivity index (χ2v) is 11.0. The molecule has 2 saturated heterocycles. The molecule has 10 nitrogen and oxygen atoms in total. The van der Waals surface area contributed by atoms with E-state index in [4.69, 9.17) is 9.47 Å². The largest absolute Gasteiger partial charge is 0.497 e. The van der Waals surface area contributed by atoms with E-state index in [1.54, 1.807) is 0 Å². The van der Waals surface area contributed by atoms with Crippen molar-refractivity contribution in [3.63, 3.8) is 0 Å². The molecule has 2 aromatic rings. The molecular weight excluding hydrogens is 541 g/mol. The molecule has 2 fully saturated rings. The topological polar surface area (TPSA) is 117 Å². The van der Waals surface area contributed by atoms with Gasteiger partial charge in [0.25, 0.3) is 0 Å². The van der Waals surface area contributed by atoms with Gasteiger partial charge in [0.2, 0.25) is 15.9 Å². The number of hydrogen-bond donors (Lipinski definition) is 2. The van der Waals surface area contributed by atoms with Crippen molar-refractivity contribution in [2.45, 2.75) is 36.1 Å². The molecule has 2 aliphatic heterocycles. The molecule has 2 aromatic carbocycles. The Bertz CT molecular complexity index is 1270. The van der Waals surface area contributed by atoms with Gasteiger partial charge < -0.3 is 25.0 Å². The van der Waals surface area contributed by atoms with Crippen molar-refractivity contribution in [2.24, 2.45) is 0 Å². The van der Waals surface area contributed by atoms with Gasteiger partial charge in [-0.25, -0.2) is 13.2 Å². The van der Waals surface area contributed by atoms with Gasteiger partial charge in [0, 0.05) is 38.5 Å². The first kappa shape index (κ1) is 28.6. The summed E-state index contributed by atoms with van der Waals surface area (Å²) in [5.74, 6) is -0.126. The van der Waals surface area contributed by atoms with Crippen LogP contribution >= 0.6 is 0 Å². The number of benzene rings is 2. The van der Waals surface area contributed by atoms with E-state index >= 15 is 0 Å². The number of piperazine rings is 1. The first-order valence-electron chi connectivity index (χ1n) is 12.3. The minimum atomic E-state index is -4.52. The number of amides is 3. The fraction of sp³-hybridized carbons (Fsp3) is 0.440. The summed E-state index contributed by atoms with van der Waals surface area (Å²) in [4.78, 5) is 27.4. The fourth-order valence-corrected chi connectivity index (χ4v) is 5.99. The summed E-state index contributed by atoms with van der Waals surface area (Å²) in [7, 11) is -2.67. The Hall–Kier alpha value is -3.36. The Balaban J connectivity index is 1.51. The van der Waals surface area contributed by atoms with E-state index in [2.05, 4.69) is 10.6 Å². The van der Waals surface area contributed by atoms with Crippen LogP contribution in [0.3, 0.4) is 0 Å². The zero-order valence-electron chi connectivity index (χ0n) is 21.1. The van der Waals surface area contributed by atoms with Gasteiger partial charge >= 0.3 is 12.2 Å². The van der Waals surface area contributed by atoms with Crippen molar-refractivity contribution >= 4 is 27.6 Å². The average Bonchev–Trinajstić information content (AvgIpc) is 3.45. The van der Waals surface area contributed by atoms with Crippen LogP contribution in [0.4, 0.5) is 23.7 Å². The number of rotatable bonds is 7. The van der Waals surface area contributed by atoms with Crippen LogP contribution in [0.2, 0.25) is 0 Å². The number of alkyl halides is 3. The molecule has 2 heterocycles. The number of sulfonamides is 1. The molecule has 0 aromatic heterocycles. The lowest BCUT2D eigenvalue weighted by atomic mass is 10.2. The van der Waals surface area contributed by atoms with Crippen molar-refractivity contribution in [3.05, 3.63) is 54.1 Å². The monoisotopic (exact) mass is 570 g/mol. The number of anilines is 1. The van der Waals surface area contributed by atoms with Crippen LogP contribution in [0.1, 0.15) is 18.4 Å². The highest BCUT2D eigenvalue weighted by Crippen LogP contribution is 2.30. The lowest BCUT2D eigenvalue weighted by molar-refractivity contribution is -0.137. The average molecular weight is 571 g/mol. The second-order valence-electron chi connectivity index (χ2n) is 9.14. The van der Waals surface area contributed by atoms with Gasteiger partial charge in [-0.15, -0.1) is 0 Å². The van der Waals surface area contributed by atoms with Gasteiger partial charge in [-0.1, -0.05) is 0 Å². The number of urea groups is 1. The Labute approximate surface area is 224 Å². The highest BCUT2D eigenvalue weighted by Gasteiger charge is 2.41. The zero-order valence-corrected chi connectivity index (χ0v) is 21.9. The highest BCUT2D eigenvalue weighted by atomic mass is 32.2. The van der Waals surface area contributed by atoms with Crippen molar-refractivity contribution in [2.75, 3.05) is 45.2 Å². The van der Waals surface area contributed by atoms with E-state index in [0.29, 0.717) is 12.4 Å². The van der Waals surface area contributed by atoms with Gasteiger partial charge in [0.1, 0.15) is 11.8 Å². The molecule has 2 atom stereocenters. The quantitative estimate of drug-likeness (QED) is 0.529. The number of nitrogens with one attached hydrogen (secondary N) is 2. The summed E-state index contributed by atoms with van der Waals surface area (Å²) < 4.78 is 77.2. The third kappa shape index (κ3) is 6.81. The van der Waals surface area contributed by atoms with Gasteiger partial charge in [0.15, 0.2) is 0 Å². The van der Waals surface area contributed by atoms with Crippen LogP contribution in [-0.2, 0) is 25.7 Å². The molecule has 212 valence electrons. The summed E-state index contributed by atoms with van der Waals surface area (Å²) >= 11 is 0. The molecule has 0 bridgehead atoms. The Kier molecular flexibility index (Phi) is 8.67. The molecular formula is C25H29F3N4O6S. The minimum Gasteiger partial charge on any atom is -0.497 e. The number of carbonyl (C=O) groups excluding carboxylic acids is 2. The summed E-state index contributed by atoms with van der Waals surface area (Å²) in [5.41, 5.74) is -0.735. The molecule has 2 aliphatic rings. The van der Waals surface area contributed by atoms with Crippen molar-refractivity contribution in [3.8, 4) is 5.75 Å². The van der Waals surface area contributed by atoms with Gasteiger partial charge in [-0.2, -0.15) is 17.5 Å². The fourth-order valence-electron chi connectivity index (χ4n) is 4.42. The molecule has 2 N–H and O–H groups in total. The van der Waals surface area contributed by atoms with E-state index in [-0.39, 0.29) is 42.9 Å². The number of carbonyl (C=O) groups is 2. The van der Waals surface area contributed by atoms with Crippen LogP contribution in [0.15, 0.2) is 53.4 Å². The maximum atomic E-state index is 13.5. The maximum absolute atomic E-state index is 13.5. The molecule has 0 radical (unpaired) electrons. The standard InChI is InChI=1S/C25H29F3N4O6S/c1-37-19-8-10-21(11-9-19)39(35,36)32-13-12-31(16-22(32)23(33)29-15-20-3-2-14-38-20)24(34)30-18-6-4-17(5-7-18)25(26,27)28/h4-11,20,22H,2-3,12-16H2,1H3,(H,29,33)(H,30,34). The lowest BCUT2D eigenvalue weighted by Crippen LogP contribution is -2.62. The van der Waals surface area contributed by atoms with E-state index in [0.717, 1.165) is 41.4 Å². The highest BCUT2D eigenvalue weighted by molar-refractivity contribution is 7.89. The zero-order chi connectivity index (χ0) is 28.2. The van der Waals surface area contributed by atoms with Crippen molar-refractivity contribution in [1.82, 2.24) is 14.5 Å². The molecule has 39 heavy (non-hydrogen) atoms. The number of hydrogen-bond acceptors (Lipinski definition) is 6. The number of ether oxygens (including phenoxy) is 2. The summed E-state index contributed by atoms with van der Waals surface area (Å²) in [6.07, 6.45) is -3.07. The van der Waals surface area contributed by atoms with E-state index < -0.39 is 39.7 Å². The number of nitrogens with zero attached hydrogens (tertiary/aromatic N) is 2. The van der Waals surface area contributed by atoms with Crippen molar-refractivity contribution in [1.29, 1.82) is 0 Å². The van der Waals surface area contributed by atoms with Crippen molar-refractivity contribution < 1.29 is 40.7 Å². The molecule has 0 saturated carbocycles. The first-order chi connectivity index (χ1) is 18.5. The van der Waals surface area contributed by atoms with Crippen LogP contribution in [-0.4, -0.2) is 81.6 Å². The summed E-state index contributed by atoms with van der Waals surface area (Å²) in [5, 5.41) is 5.25. The van der Waals surface area contributed by atoms with Crippen LogP contribution < -0.4 is 15.4 Å². The molecule has 0 spiro atoms. The predicted octanol–water partition coefficient (Wildman–Crippen LogP) is 2.92. The Morgan fingerprint density at radius 3 is 2.36 bits per heavy atom. The first-order valence-corrected chi connectivity index (χ1v) is 13.7. The van der Waals surface area contributed by atoms with Crippen LogP contribution in [0.5, 0.6) is 5.75 Å². The lowest BCUT2D eigenvalue weighted by Gasteiger charge is -2.39. The number of methoxy groups -OCH3 is 1. The molecule has 14 heteroatoms. The third-order valence-corrected chi connectivity index (χ3v) is 8.50. The second kappa shape index (κ2) is 11.8. The number of halogens is 3. The smallest absolute Gasteiger partial charge is 0.416 e. The SMILES string of the molecule is COc1ccc(S(=O)(=O)N2CCN(C(=O)Nc3ccc(C(F)(F)F)cc3)CC2C(=O)NCC2CCCO2)cc1. The maximum Gasteiger partial charge on any atom is 0.416 e. The van der Waals surface area contributed by atoms with Crippen LogP contribution in [0.25, 0.3) is 0 Å². The summed E-state index contributed by atoms with van der Waals surface area (Å²) in [6, 6.07) is 7.75. The normalized spacial score (nSPS) is 20.5. The predicted molar refractivity (Wildman–Crippen MR) is 135 cm³/mol. The van der Waals surface area contributed by atoms with Crippen LogP contribution in [0, 0.1) is 0 Å². The third-order valence-electron chi connectivity index (χ3n) is 6.58. The Morgan fingerprint density at radius 2 is 1.77 bits per heavy atom. The summed E-state index contributed by atoms with van der Waals surface area (Å²) in [6.45, 7) is 0.298. The Morgan fingerprint density at radius 1 is 1.08 bits per heavy atom. The van der Waals surface area contributed by atoms with Gasteiger partial charge in [-0.3, -0.25) is 4.79 Å². The van der Waals surface area contributed by atoms with E-state index in [9.17, 15) is 31.2 Å². The van der Waals surface area contributed by atoms with Gasteiger partial charge in [-0.05, 0) is 61.4 Å². The van der Waals surface area contributed by atoms with E-state index in [1.807, 2.05) is 0 Å². The molecule has 4 rings (SSSR count). The van der Waals surface area contributed by atoms with E-state index in [1.165, 1.54) is 36.3 Å². The van der Waals surface area contributed by atoms with Gasteiger partial charge in [0.05, 0.1) is 23.7 Å².